The van der Waals surface area contributed by atoms with Gasteiger partial charge in [0.15, 0.2) is 17.6 Å². The zero-order valence-electron chi connectivity index (χ0n) is 11.4. The van der Waals surface area contributed by atoms with Gasteiger partial charge in [-0.25, -0.2) is 4.98 Å². The summed E-state index contributed by atoms with van der Waals surface area (Å²) in [5.74, 6) is 0. The Bertz CT molecular complexity index is 609. The van der Waals surface area contributed by atoms with Crippen molar-refractivity contribution in [2.45, 2.75) is 25.6 Å². The van der Waals surface area contributed by atoms with Gasteiger partial charge in [0.1, 0.15) is 0 Å². The minimum Gasteiger partial charge on any atom is -0.349 e. The van der Waals surface area contributed by atoms with E-state index in [9.17, 15) is 4.79 Å². The molecule has 1 aromatic heterocycles. The van der Waals surface area contributed by atoms with E-state index in [1.165, 1.54) is 11.3 Å². The first-order chi connectivity index (χ1) is 9.62. The summed E-state index contributed by atoms with van der Waals surface area (Å²) in [5.41, 5.74) is 1.78. The van der Waals surface area contributed by atoms with Gasteiger partial charge < -0.3 is 9.64 Å². The molecule has 5 heteroatoms. The first kappa shape index (κ1) is 13.3. The number of rotatable bonds is 3. The van der Waals surface area contributed by atoms with E-state index in [4.69, 9.17) is 4.74 Å². The van der Waals surface area contributed by atoms with E-state index in [0.717, 1.165) is 22.7 Å². The van der Waals surface area contributed by atoms with E-state index in [1.807, 2.05) is 40.6 Å². The molecule has 1 fully saturated rings. The summed E-state index contributed by atoms with van der Waals surface area (Å²) < 4.78 is 5.52. The van der Waals surface area contributed by atoms with Gasteiger partial charge in [-0.1, -0.05) is 30.3 Å². The van der Waals surface area contributed by atoms with Crippen molar-refractivity contribution in [3.63, 3.8) is 0 Å². The Morgan fingerprint density at radius 1 is 1.40 bits per heavy atom. The summed E-state index contributed by atoms with van der Waals surface area (Å²) in [7, 11) is 0. The van der Waals surface area contributed by atoms with Gasteiger partial charge in [-0.15, -0.1) is 11.3 Å². The number of ether oxygens (including phenoxy) is 1. The van der Waals surface area contributed by atoms with Crippen molar-refractivity contribution in [3.05, 3.63) is 35.7 Å². The van der Waals surface area contributed by atoms with Gasteiger partial charge in [-0.05, 0) is 13.8 Å². The van der Waals surface area contributed by atoms with E-state index in [1.54, 1.807) is 0 Å². The lowest BCUT2D eigenvalue weighted by Gasteiger charge is -2.30. The summed E-state index contributed by atoms with van der Waals surface area (Å²) in [4.78, 5) is 17.8. The molecular formula is C15H16N2O2S. The molecule has 1 unspecified atom stereocenters. The van der Waals surface area contributed by atoms with Gasteiger partial charge in [0, 0.05) is 10.9 Å². The summed E-state index contributed by atoms with van der Waals surface area (Å²) in [6, 6.07) is 10.0. The number of nitrogens with zero attached hydrogens (tertiary/aromatic N) is 2. The third kappa shape index (κ3) is 2.23. The van der Waals surface area contributed by atoms with E-state index >= 15 is 0 Å². The van der Waals surface area contributed by atoms with Gasteiger partial charge in [-0.2, -0.15) is 0 Å². The zero-order valence-corrected chi connectivity index (χ0v) is 12.3. The molecule has 1 aliphatic heterocycles. The number of hydrogen-bond acceptors (Lipinski definition) is 5. The van der Waals surface area contributed by atoms with Crippen molar-refractivity contribution in [1.29, 1.82) is 0 Å². The first-order valence-electron chi connectivity index (χ1n) is 6.49. The van der Waals surface area contributed by atoms with Crippen LogP contribution in [0.15, 0.2) is 35.7 Å². The summed E-state index contributed by atoms with van der Waals surface area (Å²) >= 11 is 1.54. The predicted octanol–water partition coefficient (Wildman–Crippen LogP) is 2.95. The monoisotopic (exact) mass is 288 g/mol. The molecule has 1 aromatic carbocycles. The van der Waals surface area contributed by atoms with Crippen molar-refractivity contribution in [2.24, 2.45) is 0 Å². The van der Waals surface area contributed by atoms with Crippen LogP contribution >= 0.6 is 11.3 Å². The Balaban J connectivity index is 1.95. The number of anilines is 1. The lowest BCUT2D eigenvalue weighted by atomic mass is 10.1. The molecule has 1 aliphatic rings. The molecular weight excluding hydrogens is 272 g/mol. The van der Waals surface area contributed by atoms with Crippen LogP contribution in [0.1, 0.15) is 13.8 Å². The highest BCUT2D eigenvalue weighted by Crippen LogP contribution is 2.36. The SMILES string of the molecule is CC1(C)COC(C=O)N1c1nc(-c2ccccc2)cs1. The second-order valence-corrected chi connectivity index (χ2v) is 6.24. The van der Waals surface area contributed by atoms with Crippen molar-refractivity contribution in [3.8, 4) is 11.3 Å². The fraction of sp³-hybridized carbons (Fsp3) is 0.333. The predicted molar refractivity (Wildman–Crippen MR) is 79.9 cm³/mol. The number of hydrogen-bond donors (Lipinski definition) is 0. The molecule has 1 atom stereocenters. The van der Waals surface area contributed by atoms with E-state index in [-0.39, 0.29) is 5.54 Å². The molecule has 104 valence electrons. The van der Waals surface area contributed by atoms with Gasteiger partial charge in [0.05, 0.1) is 17.8 Å². The lowest BCUT2D eigenvalue weighted by molar-refractivity contribution is -0.115. The fourth-order valence-electron chi connectivity index (χ4n) is 2.36. The Kier molecular flexibility index (Phi) is 3.31. The maximum atomic E-state index is 11.2. The van der Waals surface area contributed by atoms with Gasteiger partial charge in [-0.3, -0.25) is 4.79 Å². The molecule has 0 radical (unpaired) electrons. The Hall–Kier alpha value is -1.72. The summed E-state index contributed by atoms with van der Waals surface area (Å²) in [5, 5.41) is 2.84. The third-order valence-electron chi connectivity index (χ3n) is 3.40. The van der Waals surface area contributed by atoms with E-state index in [2.05, 4.69) is 18.8 Å². The highest BCUT2D eigenvalue weighted by atomic mass is 32.1. The van der Waals surface area contributed by atoms with Crippen LogP contribution in [0.5, 0.6) is 0 Å². The van der Waals surface area contributed by atoms with Crippen molar-refractivity contribution in [2.75, 3.05) is 11.5 Å². The highest BCUT2D eigenvalue weighted by Gasteiger charge is 2.42. The summed E-state index contributed by atoms with van der Waals surface area (Å²) in [6.07, 6.45) is 0.290. The van der Waals surface area contributed by atoms with Crippen LogP contribution in [0, 0.1) is 0 Å². The topological polar surface area (TPSA) is 42.4 Å². The van der Waals surface area contributed by atoms with Crippen LogP contribution in [-0.2, 0) is 9.53 Å². The molecule has 1 saturated heterocycles. The standard InChI is InChI=1S/C15H16N2O2S/c1-15(2)10-19-13(8-18)17(15)14-16-12(9-20-14)11-6-4-3-5-7-11/h3-9,13H,10H2,1-2H3. The molecule has 2 heterocycles. The van der Waals surface area contributed by atoms with Crippen LogP contribution in [0.25, 0.3) is 11.3 Å². The van der Waals surface area contributed by atoms with Gasteiger partial charge in [0.25, 0.3) is 0 Å². The van der Waals surface area contributed by atoms with Crippen LogP contribution < -0.4 is 4.90 Å². The molecule has 0 bridgehead atoms. The molecule has 3 rings (SSSR count). The largest absolute Gasteiger partial charge is 0.349 e. The van der Waals surface area contributed by atoms with Crippen LogP contribution in [0.4, 0.5) is 5.13 Å². The third-order valence-corrected chi connectivity index (χ3v) is 4.24. The minimum absolute atomic E-state index is 0.225. The van der Waals surface area contributed by atoms with E-state index < -0.39 is 6.23 Å². The molecule has 2 aromatic rings. The number of carbonyl (C=O) groups excluding carboxylic acids is 1. The molecule has 0 amide bonds. The zero-order chi connectivity index (χ0) is 14.2. The van der Waals surface area contributed by atoms with E-state index in [0.29, 0.717) is 6.61 Å². The highest BCUT2D eigenvalue weighted by molar-refractivity contribution is 7.14. The maximum Gasteiger partial charge on any atom is 0.189 e. The minimum atomic E-state index is -0.542. The normalized spacial score (nSPS) is 21.1. The lowest BCUT2D eigenvalue weighted by Crippen LogP contribution is -2.45. The smallest absolute Gasteiger partial charge is 0.189 e. The van der Waals surface area contributed by atoms with Crippen LogP contribution in [0.2, 0.25) is 0 Å². The molecule has 0 aliphatic carbocycles. The van der Waals surface area contributed by atoms with Crippen LogP contribution in [0.3, 0.4) is 0 Å². The number of aromatic nitrogens is 1. The van der Waals surface area contributed by atoms with Crippen molar-refractivity contribution < 1.29 is 9.53 Å². The Labute approximate surface area is 122 Å². The average molecular weight is 288 g/mol. The Morgan fingerprint density at radius 3 is 2.85 bits per heavy atom. The quantitative estimate of drug-likeness (QED) is 0.814. The van der Waals surface area contributed by atoms with Gasteiger partial charge >= 0.3 is 0 Å². The number of thiazole rings is 1. The second-order valence-electron chi connectivity index (χ2n) is 5.40. The second kappa shape index (κ2) is 5.00. The Morgan fingerprint density at radius 2 is 2.15 bits per heavy atom. The number of aldehydes is 1. The number of benzene rings is 1. The first-order valence-corrected chi connectivity index (χ1v) is 7.37. The molecule has 4 nitrogen and oxygen atoms in total. The molecule has 0 saturated carbocycles. The molecule has 0 spiro atoms. The van der Waals surface area contributed by atoms with Crippen molar-refractivity contribution in [1.82, 2.24) is 4.98 Å². The summed E-state index contributed by atoms with van der Waals surface area (Å²) in [6.45, 7) is 4.64. The van der Waals surface area contributed by atoms with Crippen molar-refractivity contribution >= 4 is 22.8 Å². The number of carbonyl (C=O) groups is 1. The average Bonchev–Trinajstić information content (AvgIpc) is 3.03. The van der Waals surface area contributed by atoms with Crippen LogP contribution in [-0.4, -0.2) is 29.6 Å². The molecule has 20 heavy (non-hydrogen) atoms. The van der Waals surface area contributed by atoms with Gasteiger partial charge in [0.2, 0.25) is 0 Å². The fourth-order valence-corrected chi connectivity index (χ4v) is 3.38. The molecule has 0 N–H and O–H groups in total. The maximum absolute atomic E-state index is 11.2.